The summed E-state index contributed by atoms with van der Waals surface area (Å²) in [5.74, 6) is 0.456. The van der Waals surface area contributed by atoms with Crippen molar-refractivity contribution in [1.82, 2.24) is 10.2 Å². The van der Waals surface area contributed by atoms with Gasteiger partial charge < -0.3 is 10.4 Å². The summed E-state index contributed by atoms with van der Waals surface area (Å²) in [5, 5.41) is 12.4. The number of nitrogens with one attached hydrogen (secondary N) is 1. The zero-order valence-electron chi connectivity index (χ0n) is 13.7. The Morgan fingerprint density at radius 1 is 1.36 bits per heavy atom. The average molecular weight is 304 g/mol. The van der Waals surface area contributed by atoms with Crippen molar-refractivity contribution < 1.29 is 9.90 Å². The molecule has 22 heavy (non-hydrogen) atoms. The van der Waals surface area contributed by atoms with Crippen molar-refractivity contribution >= 4 is 5.91 Å². The molecule has 0 saturated carbocycles. The molecule has 0 aromatic heterocycles. The lowest BCUT2D eigenvalue weighted by molar-refractivity contribution is -0.122. The number of carbonyl (C=O) groups is 1. The summed E-state index contributed by atoms with van der Waals surface area (Å²) < 4.78 is 0. The van der Waals surface area contributed by atoms with Crippen LogP contribution in [0, 0.1) is 5.92 Å². The molecule has 1 fully saturated rings. The molecule has 2 rings (SSSR count). The summed E-state index contributed by atoms with van der Waals surface area (Å²) in [6.07, 6.45) is 2.71. The SMILES string of the molecule is CC(NC(=O)CCN1CC(CO)CCC1C)c1ccccc1. The molecule has 0 spiro atoms. The zero-order chi connectivity index (χ0) is 15.9. The quantitative estimate of drug-likeness (QED) is 0.848. The summed E-state index contributed by atoms with van der Waals surface area (Å²) >= 11 is 0. The van der Waals surface area contributed by atoms with Gasteiger partial charge in [-0.3, -0.25) is 9.69 Å². The van der Waals surface area contributed by atoms with E-state index in [0.29, 0.717) is 18.4 Å². The Kier molecular flexibility index (Phi) is 6.40. The highest BCUT2D eigenvalue weighted by Gasteiger charge is 2.25. The Labute approximate surface area is 133 Å². The van der Waals surface area contributed by atoms with Crippen LogP contribution in [0.5, 0.6) is 0 Å². The molecule has 3 unspecified atom stereocenters. The molecule has 4 nitrogen and oxygen atoms in total. The molecule has 0 radical (unpaired) electrons. The van der Waals surface area contributed by atoms with E-state index < -0.39 is 0 Å². The van der Waals surface area contributed by atoms with Crippen molar-refractivity contribution in [2.45, 2.75) is 45.2 Å². The highest BCUT2D eigenvalue weighted by molar-refractivity contribution is 5.76. The van der Waals surface area contributed by atoms with Gasteiger partial charge in [-0.2, -0.15) is 0 Å². The maximum atomic E-state index is 12.1. The Morgan fingerprint density at radius 3 is 2.77 bits per heavy atom. The summed E-state index contributed by atoms with van der Waals surface area (Å²) in [6.45, 7) is 6.14. The topological polar surface area (TPSA) is 52.6 Å². The van der Waals surface area contributed by atoms with E-state index in [1.54, 1.807) is 0 Å². The number of rotatable bonds is 6. The molecule has 1 aliphatic rings. The number of likely N-dealkylation sites (tertiary alicyclic amines) is 1. The van der Waals surface area contributed by atoms with Gasteiger partial charge in [-0.1, -0.05) is 30.3 Å². The van der Waals surface area contributed by atoms with E-state index in [2.05, 4.69) is 17.1 Å². The van der Waals surface area contributed by atoms with Crippen LogP contribution in [-0.2, 0) is 4.79 Å². The first-order valence-electron chi connectivity index (χ1n) is 8.29. The van der Waals surface area contributed by atoms with Gasteiger partial charge in [0, 0.05) is 32.2 Å². The predicted molar refractivity (Wildman–Crippen MR) is 88.5 cm³/mol. The second-order valence-electron chi connectivity index (χ2n) is 6.42. The van der Waals surface area contributed by atoms with Crippen molar-refractivity contribution in [3.05, 3.63) is 35.9 Å². The first-order chi connectivity index (χ1) is 10.6. The van der Waals surface area contributed by atoms with Crippen molar-refractivity contribution in [2.24, 2.45) is 5.92 Å². The van der Waals surface area contributed by atoms with E-state index in [0.717, 1.165) is 31.5 Å². The second kappa shape index (κ2) is 8.30. The molecule has 1 aromatic rings. The van der Waals surface area contributed by atoms with Crippen LogP contribution in [0.2, 0.25) is 0 Å². The molecule has 0 aliphatic carbocycles. The fraction of sp³-hybridized carbons (Fsp3) is 0.611. The fourth-order valence-corrected chi connectivity index (χ4v) is 3.11. The maximum absolute atomic E-state index is 12.1. The third kappa shape index (κ3) is 4.82. The number of aliphatic hydroxyl groups is 1. The van der Waals surface area contributed by atoms with Crippen LogP contribution in [-0.4, -0.2) is 41.7 Å². The molecule has 122 valence electrons. The van der Waals surface area contributed by atoms with Crippen molar-refractivity contribution in [3.8, 4) is 0 Å². The van der Waals surface area contributed by atoms with Crippen LogP contribution in [0.3, 0.4) is 0 Å². The Balaban J connectivity index is 1.77. The average Bonchev–Trinajstić information content (AvgIpc) is 2.55. The normalized spacial score (nSPS) is 24.0. The third-order valence-electron chi connectivity index (χ3n) is 4.67. The summed E-state index contributed by atoms with van der Waals surface area (Å²) in [5.41, 5.74) is 1.13. The number of aliphatic hydroxyl groups excluding tert-OH is 1. The lowest BCUT2D eigenvalue weighted by Crippen LogP contribution is -2.44. The molecule has 1 amide bonds. The second-order valence-corrected chi connectivity index (χ2v) is 6.42. The minimum absolute atomic E-state index is 0.0395. The van der Waals surface area contributed by atoms with E-state index in [1.807, 2.05) is 37.3 Å². The number of piperidine rings is 1. The Morgan fingerprint density at radius 2 is 2.09 bits per heavy atom. The van der Waals surface area contributed by atoms with Crippen LogP contribution >= 0.6 is 0 Å². The van der Waals surface area contributed by atoms with Gasteiger partial charge in [0.2, 0.25) is 5.91 Å². The Hall–Kier alpha value is -1.39. The molecule has 1 aromatic carbocycles. The van der Waals surface area contributed by atoms with Crippen LogP contribution in [0.25, 0.3) is 0 Å². The summed E-state index contributed by atoms with van der Waals surface area (Å²) in [6, 6.07) is 10.6. The molecule has 1 heterocycles. The molecule has 1 aliphatic heterocycles. The molecular weight excluding hydrogens is 276 g/mol. The molecule has 0 bridgehead atoms. The number of hydrogen-bond acceptors (Lipinski definition) is 3. The van der Waals surface area contributed by atoms with Gasteiger partial charge in [0.15, 0.2) is 0 Å². The summed E-state index contributed by atoms with van der Waals surface area (Å²) in [4.78, 5) is 14.5. The van der Waals surface area contributed by atoms with E-state index in [9.17, 15) is 9.90 Å². The number of nitrogens with zero attached hydrogens (tertiary/aromatic N) is 1. The minimum Gasteiger partial charge on any atom is -0.396 e. The first-order valence-corrected chi connectivity index (χ1v) is 8.29. The fourth-order valence-electron chi connectivity index (χ4n) is 3.11. The number of carbonyl (C=O) groups excluding carboxylic acids is 1. The third-order valence-corrected chi connectivity index (χ3v) is 4.67. The van der Waals surface area contributed by atoms with Gasteiger partial charge in [0.1, 0.15) is 0 Å². The standard InChI is InChI=1S/C18H28N2O2/c1-14-8-9-16(13-21)12-20(14)11-10-18(22)19-15(2)17-6-4-3-5-7-17/h3-7,14-16,21H,8-13H2,1-2H3,(H,19,22). The minimum atomic E-state index is 0.0395. The van der Waals surface area contributed by atoms with E-state index >= 15 is 0 Å². The number of amides is 1. The molecular formula is C18H28N2O2. The predicted octanol–water partition coefficient (Wildman–Crippen LogP) is 2.35. The van der Waals surface area contributed by atoms with E-state index in [-0.39, 0.29) is 18.6 Å². The number of hydrogen-bond donors (Lipinski definition) is 2. The van der Waals surface area contributed by atoms with Gasteiger partial charge in [-0.15, -0.1) is 0 Å². The first kappa shape index (κ1) is 17.0. The molecule has 1 saturated heterocycles. The molecule has 3 atom stereocenters. The zero-order valence-corrected chi connectivity index (χ0v) is 13.7. The smallest absolute Gasteiger partial charge is 0.221 e. The summed E-state index contributed by atoms with van der Waals surface area (Å²) in [7, 11) is 0. The van der Waals surface area contributed by atoms with Crippen LogP contribution in [0.1, 0.15) is 44.7 Å². The van der Waals surface area contributed by atoms with Crippen molar-refractivity contribution in [2.75, 3.05) is 19.7 Å². The molecule has 2 N–H and O–H groups in total. The number of benzene rings is 1. The van der Waals surface area contributed by atoms with E-state index in [4.69, 9.17) is 0 Å². The van der Waals surface area contributed by atoms with Crippen LogP contribution in [0.4, 0.5) is 0 Å². The monoisotopic (exact) mass is 304 g/mol. The van der Waals surface area contributed by atoms with Gasteiger partial charge >= 0.3 is 0 Å². The Bertz CT molecular complexity index is 463. The van der Waals surface area contributed by atoms with Crippen molar-refractivity contribution in [3.63, 3.8) is 0 Å². The van der Waals surface area contributed by atoms with Crippen LogP contribution < -0.4 is 5.32 Å². The lowest BCUT2D eigenvalue weighted by atomic mass is 9.94. The van der Waals surface area contributed by atoms with Crippen LogP contribution in [0.15, 0.2) is 30.3 Å². The largest absolute Gasteiger partial charge is 0.396 e. The highest BCUT2D eigenvalue weighted by Crippen LogP contribution is 2.21. The van der Waals surface area contributed by atoms with Gasteiger partial charge in [0.25, 0.3) is 0 Å². The lowest BCUT2D eigenvalue weighted by Gasteiger charge is -2.37. The van der Waals surface area contributed by atoms with Crippen molar-refractivity contribution in [1.29, 1.82) is 0 Å². The maximum Gasteiger partial charge on any atom is 0.221 e. The molecule has 4 heteroatoms. The van der Waals surface area contributed by atoms with Gasteiger partial charge in [-0.25, -0.2) is 0 Å². The van der Waals surface area contributed by atoms with E-state index in [1.165, 1.54) is 0 Å². The van der Waals surface area contributed by atoms with Gasteiger partial charge in [-0.05, 0) is 38.2 Å². The highest BCUT2D eigenvalue weighted by atomic mass is 16.3. The van der Waals surface area contributed by atoms with Gasteiger partial charge in [0.05, 0.1) is 6.04 Å².